The standard InChI is InChI=1S/C20H23N3O4S/c1-20(2,3)15-10-17(25)23-12(11-28-19(23)22-15)9-16(24)21-14-8-6-5-7-13(14)18(26)27-4/h5-8,10,12H,9,11H2,1-4H3,(H,21,24). The summed E-state index contributed by atoms with van der Waals surface area (Å²) in [5.74, 6) is -0.198. The van der Waals surface area contributed by atoms with E-state index < -0.39 is 5.97 Å². The molecule has 0 saturated carbocycles. The lowest BCUT2D eigenvalue weighted by molar-refractivity contribution is -0.116. The number of rotatable bonds is 4. The van der Waals surface area contributed by atoms with Gasteiger partial charge in [0.2, 0.25) is 5.91 Å². The Morgan fingerprint density at radius 1 is 1.32 bits per heavy atom. The Labute approximate surface area is 167 Å². The first-order chi connectivity index (χ1) is 13.2. The Hall–Kier alpha value is -2.61. The van der Waals surface area contributed by atoms with E-state index in [0.29, 0.717) is 16.6 Å². The van der Waals surface area contributed by atoms with Crippen LogP contribution in [0.25, 0.3) is 0 Å². The Bertz CT molecular complexity index is 978. The molecule has 1 amide bonds. The van der Waals surface area contributed by atoms with E-state index in [1.165, 1.54) is 18.9 Å². The van der Waals surface area contributed by atoms with E-state index >= 15 is 0 Å². The minimum absolute atomic E-state index is 0.117. The number of hydrogen-bond acceptors (Lipinski definition) is 6. The van der Waals surface area contributed by atoms with Crippen molar-refractivity contribution < 1.29 is 14.3 Å². The van der Waals surface area contributed by atoms with Crippen molar-refractivity contribution in [3.05, 3.63) is 51.9 Å². The normalized spacial score (nSPS) is 15.8. The molecule has 148 valence electrons. The second-order valence-electron chi connectivity index (χ2n) is 7.64. The predicted molar refractivity (Wildman–Crippen MR) is 108 cm³/mol. The molecular weight excluding hydrogens is 378 g/mol. The average Bonchev–Trinajstić information content (AvgIpc) is 3.04. The maximum atomic E-state index is 12.6. The molecule has 28 heavy (non-hydrogen) atoms. The van der Waals surface area contributed by atoms with E-state index in [1.807, 2.05) is 20.8 Å². The van der Waals surface area contributed by atoms with E-state index in [9.17, 15) is 14.4 Å². The third-order valence-corrected chi connectivity index (χ3v) is 5.58. The van der Waals surface area contributed by atoms with E-state index in [4.69, 9.17) is 4.74 Å². The van der Waals surface area contributed by atoms with Gasteiger partial charge in [0.15, 0.2) is 5.16 Å². The van der Waals surface area contributed by atoms with E-state index in [2.05, 4.69) is 10.3 Å². The molecule has 1 aromatic heterocycles. The number of nitrogens with zero attached hydrogens (tertiary/aromatic N) is 2. The van der Waals surface area contributed by atoms with Gasteiger partial charge in [-0.3, -0.25) is 14.2 Å². The maximum absolute atomic E-state index is 12.6. The molecule has 2 heterocycles. The topological polar surface area (TPSA) is 90.3 Å². The van der Waals surface area contributed by atoms with Gasteiger partial charge in [0.25, 0.3) is 5.56 Å². The predicted octanol–water partition coefficient (Wildman–Crippen LogP) is 3.00. The molecule has 0 radical (unpaired) electrons. The number of benzene rings is 1. The highest BCUT2D eigenvalue weighted by atomic mass is 32.2. The molecule has 0 spiro atoms. The first-order valence-corrected chi connectivity index (χ1v) is 9.93. The number of anilines is 1. The monoisotopic (exact) mass is 401 g/mol. The van der Waals surface area contributed by atoms with Crippen molar-refractivity contribution in [1.29, 1.82) is 0 Å². The fourth-order valence-corrected chi connectivity index (χ4v) is 4.13. The smallest absolute Gasteiger partial charge is 0.339 e. The molecule has 8 heteroatoms. The Balaban J connectivity index is 1.78. The largest absolute Gasteiger partial charge is 0.465 e. The maximum Gasteiger partial charge on any atom is 0.339 e. The molecule has 0 saturated heterocycles. The van der Waals surface area contributed by atoms with Crippen molar-refractivity contribution in [1.82, 2.24) is 9.55 Å². The van der Waals surface area contributed by atoms with Crippen LogP contribution < -0.4 is 10.9 Å². The van der Waals surface area contributed by atoms with Crippen molar-refractivity contribution in [2.24, 2.45) is 0 Å². The van der Waals surface area contributed by atoms with E-state index in [-0.39, 0.29) is 34.9 Å². The lowest BCUT2D eigenvalue weighted by atomic mass is 9.92. The number of para-hydroxylation sites is 1. The highest BCUT2D eigenvalue weighted by molar-refractivity contribution is 7.99. The SMILES string of the molecule is COC(=O)c1ccccc1NC(=O)CC1CSc2nc(C(C)(C)C)cc(=O)n21. The quantitative estimate of drug-likeness (QED) is 0.626. The third-order valence-electron chi connectivity index (χ3n) is 4.49. The zero-order valence-corrected chi connectivity index (χ0v) is 17.1. The molecule has 1 unspecified atom stereocenters. The summed E-state index contributed by atoms with van der Waals surface area (Å²) in [7, 11) is 1.29. The highest BCUT2D eigenvalue weighted by Gasteiger charge is 2.29. The van der Waals surface area contributed by atoms with Crippen LogP contribution in [0.4, 0.5) is 5.69 Å². The molecule has 3 rings (SSSR count). The van der Waals surface area contributed by atoms with Crippen LogP contribution in [-0.2, 0) is 14.9 Å². The van der Waals surface area contributed by atoms with Crippen molar-refractivity contribution in [2.75, 3.05) is 18.2 Å². The fourth-order valence-electron chi connectivity index (χ4n) is 2.98. The number of methoxy groups -OCH3 is 1. The Kier molecular flexibility index (Phi) is 5.60. The fraction of sp³-hybridized carbons (Fsp3) is 0.400. The molecule has 1 N–H and O–H groups in total. The summed E-state index contributed by atoms with van der Waals surface area (Å²) in [6.07, 6.45) is 0.117. The molecule has 2 aromatic rings. The first kappa shape index (κ1) is 20.1. The van der Waals surface area contributed by atoms with Crippen LogP contribution in [0.2, 0.25) is 0 Å². The summed E-state index contributed by atoms with van der Waals surface area (Å²) < 4.78 is 6.33. The molecule has 1 aliphatic heterocycles. The summed E-state index contributed by atoms with van der Waals surface area (Å²) in [6, 6.07) is 7.93. The zero-order chi connectivity index (χ0) is 20.5. The summed E-state index contributed by atoms with van der Waals surface area (Å²) in [4.78, 5) is 41.7. The molecule has 1 aliphatic rings. The lowest BCUT2D eigenvalue weighted by Gasteiger charge is -2.19. The number of nitrogens with one attached hydrogen (secondary N) is 1. The minimum Gasteiger partial charge on any atom is -0.465 e. The molecule has 1 aromatic carbocycles. The van der Waals surface area contributed by atoms with Crippen LogP contribution in [-0.4, -0.2) is 34.3 Å². The molecular formula is C20H23N3O4S. The van der Waals surface area contributed by atoms with Gasteiger partial charge in [-0.25, -0.2) is 9.78 Å². The van der Waals surface area contributed by atoms with Gasteiger partial charge < -0.3 is 10.1 Å². The van der Waals surface area contributed by atoms with Crippen LogP contribution >= 0.6 is 11.8 Å². The third kappa shape index (κ3) is 4.11. The van der Waals surface area contributed by atoms with Crippen molar-refractivity contribution in [3.63, 3.8) is 0 Å². The number of amides is 1. The number of thioether (sulfide) groups is 1. The second kappa shape index (κ2) is 7.79. The van der Waals surface area contributed by atoms with Crippen LogP contribution in [0.5, 0.6) is 0 Å². The second-order valence-corrected chi connectivity index (χ2v) is 8.62. The zero-order valence-electron chi connectivity index (χ0n) is 16.3. The number of carbonyl (C=O) groups is 2. The summed E-state index contributed by atoms with van der Waals surface area (Å²) in [6.45, 7) is 6.03. The van der Waals surface area contributed by atoms with Gasteiger partial charge in [-0.15, -0.1) is 0 Å². The molecule has 1 atom stereocenters. The van der Waals surface area contributed by atoms with Crippen LogP contribution in [0.15, 0.2) is 40.3 Å². The van der Waals surface area contributed by atoms with Crippen molar-refractivity contribution >= 4 is 29.3 Å². The van der Waals surface area contributed by atoms with Crippen LogP contribution in [0.3, 0.4) is 0 Å². The van der Waals surface area contributed by atoms with Gasteiger partial charge in [-0.05, 0) is 12.1 Å². The summed E-state index contributed by atoms with van der Waals surface area (Å²) >= 11 is 1.48. The molecule has 0 fully saturated rings. The van der Waals surface area contributed by atoms with Crippen LogP contribution in [0.1, 0.15) is 49.3 Å². The van der Waals surface area contributed by atoms with Gasteiger partial charge in [0, 0.05) is 23.7 Å². The van der Waals surface area contributed by atoms with E-state index in [0.717, 1.165) is 5.69 Å². The number of hydrogen-bond donors (Lipinski definition) is 1. The van der Waals surface area contributed by atoms with Gasteiger partial charge in [-0.1, -0.05) is 44.7 Å². The Morgan fingerprint density at radius 2 is 2.04 bits per heavy atom. The van der Waals surface area contributed by atoms with E-state index in [1.54, 1.807) is 34.9 Å². The van der Waals surface area contributed by atoms with Crippen LogP contribution in [0, 0.1) is 0 Å². The van der Waals surface area contributed by atoms with Gasteiger partial charge in [0.05, 0.1) is 30.1 Å². The highest BCUT2D eigenvalue weighted by Crippen LogP contribution is 2.33. The average molecular weight is 401 g/mol. The number of esters is 1. The van der Waals surface area contributed by atoms with Gasteiger partial charge in [0.1, 0.15) is 0 Å². The Morgan fingerprint density at radius 3 is 2.71 bits per heavy atom. The number of fused-ring (bicyclic) bond motifs is 1. The molecule has 0 aliphatic carbocycles. The van der Waals surface area contributed by atoms with Crippen molar-refractivity contribution in [3.8, 4) is 0 Å². The van der Waals surface area contributed by atoms with Crippen molar-refractivity contribution in [2.45, 2.75) is 43.8 Å². The summed E-state index contributed by atoms with van der Waals surface area (Å²) in [5.41, 5.74) is 1.05. The first-order valence-electron chi connectivity index (χ1n) is 8.94. The lowest BCUT2D eigenvalue weighted by Crippen LogP contribution is -2.29. The van der Waals surface area contributed by atoms with Gasteiger partial charge in [-0.2, -0.15) is 0 Å². The van der Waals surface area contributed by atoms with Gasteiger partial charge >= 0.3 is 5.97 Å². The number of ether oxygens (including phenoxy) is 1. The molecule has 0 bridgehead atoms. The minimum atomic E-state index is -0.521. The number of carbonyl (C=O) groups excluding carboxylic acids is 2. The number of aromatic nitrogens is 2. The summed E-state index contributed by atoms with van der Waals surface area (Å²) in [5, 5.41) is 3.40. The molecule has 7 nitrogen and oxygen atoms in total.